The summed E-state index contributed by atoms with van der Waals surface area (Å²) < 4.78 is 15.6. The van der Waals surface area contributed by atoms with Gasteiger partial charge in [-0.05, 0) is 34.1 Å². The molecule has 25 heavy (non-hydrogen) atoms. The van der Waals surface area contributed by atoms with Crippen molar-refractivity contribution >= 4 is 12.1 Å². The number of amides is 1. The van der Waals surface area contributed by atoms with E-state index in [-0.39, 0.29) is 6.09 Å². The van der Waals surface area contributed by atoms with E-state index in [9.17, 15) is 4.79 Å². The molecule has 0 aromatic rings. The van der Waals surface area contributed by atoms with E-state index in [2.05, 4.69) is 15.6 Å². The number of carbonyl (C=O) groups is 1. The van der Waals surface area contributed by atoms with Crippen LogP contribution in [0, 0.1) is 0 Å². The fraction of sp³-hybridized carbons (Fsp3) is 0.882. The molecule has 0 spiro atoms. The van der Waals surface area contributed by atoms with Crippen molar-refractivity contribution in [1.82, 2.24) is 15.5 Å². The van der Waals surface area contributed by atoms with E-state index in [1.807, 2.05) is 27.7 Å². The Labute approximate surface area is 152 Å². The lowest BCUT2D eigenvalue weighted by molar-refractivity contribution is 0.0302. The second-order valence-corrected chi connectivity index (χ2v) is 6.55. The van der Waals surface area contributed by atoms with Gasteiger partial charge in [0.2, 0.25) is 0 Å². The topological polar surface area (TPSA) is 84.4 Å². The fourth-order valence-corrected chi connectivity index (χ4v) is 1.72. The van der Waals surface area contributed by atoms with Crippen LogP contribution >= 0.6 is 0 Å². The lowest BCUT2D eigenvalue weighted by Gasteiger charge is -2.24. The molecule has 8 heteroatoms. The lowest BCUT2D eigenvalue weighted by Crippen LogP contribution is -2.43. The van der Waals surface area contributed by atoms with Crippen LogP contribution in [-0.4, -0.2) is 82.7 Å². The van der Waals surface area contributed by atoms with Gasteiger partial charge in [0.15, 0.2) is 5.96 Å². The van der Waals surface area contributed by atoms with Gasteiger partial charge in [-0.2, -0.15) is 0 Å². The molecule has 0 unspecified atom stereocenters. The normalized spacial score (nSPS) is 12.0. The lowest BCUT2D eigenvalue weighted by atomic mass is 10.2. The van der Waals surface area contributed by atoms with Crippen molar-refractivity contribution in [2.24, 2.45) is 4.99 Å². The molecule has 0 heterocycles. The van der Waals surface area contributed by atoms with Crippen molar-refractivity contribution < 1.29 is 19.0 Å². The van der Waals surface area contributed by atoms with E-state index in [1.165, 1.54) is 0 Å². The zero-order chi connectivity index (χ0) is 19.1. The Balaban J connectivity index is 4.05. The Morgan fingerprint density at radius 3 is 2.48 bits per heavy atom. The van der Waals surface area contributed by atoms with Crippen LogP contribution in [0.5, 0.6) is 0 Å². The summed E-state index contributed by atoms with van der Waals surface area (Å²) in [6.45, 7) is 12.0. The summed E-state index contributed by atoms with van der Waals surface area (Å²) in [5.74, 6) is 0.733. The molecule has 0 rings (SSSR count). The van der Waals surface area contributed by atoms with Gasteiger partial charge in [0.05, 0.1) is 13.2 Å². The number of carbonyl (C=O) groups excluding carboxylic acids is 1. The van der Waals surface area contributed by atoms with Gasteiger partial charge in [0, 0.05) is 46.9 Å². The first kappa shape index (κ1) is 23.5. The van der Waals surface area contributed by atoms with E-state index >= 15 is 0 Å². The standard InChI is InChI=1S/C17H36N4O4/c1-7-18-15(19-9-8-12-24-14-13-23-6)20-10-11-21(5)16(22)25-17(2,3)4/h7-14H2,1-6H3,(H2,18,19,20). The highest BCUT2D eigenvalue weighted by Gasteiger charge is 2.19. The molecular formula is C17H36N4O4. The smallest absolute Gasteiger partial charge is 0.410 e. The highest BCUT2D eigenvalue weighted by Crippen LogP contribution is 2.08. The molecule has 0 aliphatic rings. The maximum absolute atomic E-state index is 11.9. The highest BCUT2D eigenvalue weighted by molar-refractivity contribution is 5.79. The Morgan fingerprint density at radius 1 is 1.16 bits per heavy atom. The first-order valence-electron chi connectivity index (χ1n) is 8.83. The summed E-state index contributed by atoms with van der Waals surface area (Å²) in [5, 5.41) is 6.39. The summed E-state index contributed by atoms with van der Waals surface area (Å²) in [6, 6.07) is 0. The molecule has 0 aromatic heterocycles. The molecule has 0 aromatic carbocycles. The molecule has 0 radical (unpaired) electrons. The van der Waals surface area contributed by atoms with Crippen LogP contribution in [0.3, 0.4) is 0 Å². The predicted octanol–water partition coefficient (Wildman–Crippen LogP) is 1.46. The maximum Gasteiger partial charge on any atom is 0.410 e. The molecule has 8 nitrogen and oxygen atoms in total. The zero-order valence-corrected chi connectivity index (χ0v) is 16.7. The third-order valence-corrected chi connectivity index (χ3v) is 2.94. The number of hydrogen-bond acceptors (Lipinski definition) is 5. The summed E-state index contributed by atoms with van der Waals surface area (Å²) in [4.78, 5) is 17.9. The van der Waals surface area contributed by atoms with Crippen LogP contribution in [0.2, 0.25) is 0 Å². The summed E-state index contributed by atoms with van der Waals surface area (Å²) in [7, 11) is 3.37. The Bertz CT molecular complexity index is 383. The number of ether oxygens (including phenoxy) is 3. The largest absolute Gasteiger partial charge is 0.444 e. The van der Waals surface area contributed by atoms with E-state index in [0.717, 1.165) is 18.9 Å². The quantitative estimate of drug-likeness (QED) is 0.330. The number of methoxy groups -OCH3 is 1. The molecule has 0 fully saturated rings. The van der Waals surface area contributed by atoms with E-state index in [0.29, 0.717) is 39.5 Å². The van der Waals surface area contributed by atoms with Gasteiger partial charge < -0.3 is 29.7 Å². The van der Waals surface area contributed by atoms with Gasteiger partial charge in [-0.1, -0.05) is 0 Å². The predicted molar refractivity (Wildman–Crippen MR) is 100 cm³/mol. The molecule has 0 atom stereocenters. The van der Waals surface area contributed by atoms with Crippen LogP contribution < -0.4 is 10.6 Å². The van der Waals surface area contributed by atoms with Gasteiger partial charge in [-0.25, -0.2) is 4.79 Å². The number of nitrogens with zero attached hydrogens (tertiary/aromatic N) is 2. The van der Waals surface area contributed by atoms with Crippen LogP contribution in [0.4, 0.5) is 4.79 Å². The van der Waals surface area contributed by atoms with Crippen molar-refractivity contribution in [2.75, 3.05) is 60.2 Å². The third-order valence-electron chi connectivity index (χ3n) is 2.94. The zero-order valence-electron chi connectivity index (χ0n) is 16.7. The van der Waals surface area contributed by atoms with E-state index in [1.54, 1.807) is 19.1 Å². The van der Waals surface area contributed by atoms with Crippen molar-refractivity contribution in [1.29, 1.82) is 0 Å². The van der Waals surface area contributed by atoms with E-state index < -0.39 is 5.60 Å². The molecule has 0 aliphatic carbocycles. The average molecular weight is 360 g/mol. The summed E-state index contributed by atoms with van der Waals surface area (Å²) >= 11 is 0. The Hall–Kier alpha value is -1.54. The Kier molecular flexibility index (Phi) is 12.9. The van der Waals surface area contributed by atoms with Crippen molar-refractivity contribution in [3.63, 3.8) is 0 Å². The van der Waals surface area contributed by atoms with Crippen LogP contribution in [0.25, 0.3) is 0 Å². The molecule has 1 amide bonds. The first-order chi connectivity index (χ1) is 11.8. The monoisotopic (exact) mass is 360 g/mol. The number of aliphatic imine (C=N–C) groups is 1. The average Bonchev–Trinajstić information content (AvgIpc) is 2.52. The van der Waals surface area contributed by atoms with Crippen LogP contribution in [0.1, 0.15) is 34.1 Å². The minimum absolute atomic E-state index is 0.329. The second-order valence-electron chi connectivity index (χ2n) is 6.55. The van der Waals surface area contributed by atoms with Gasteiger partial charge >= 0.3 is 6.09 Å². The van der Waals surface area contributed by atoms with Gasteiger partial charge in [0.25, 0.3) is 0 Å². The molecular weight excluding hydrogens is 324 g/mol. The fourth-order valence-electron chi connectivity index (χ4n) is 1.72. The van der Waals surface area contributed by atoms with E-state index in [4.69, 9.17) is 14.2 Å². The summed E-state index contributed by atoms with van der Waals surface area (Å²) in [5.41, 5.74) is -0.486. The SMILES string of the molecule is CCNC(=NCCCOCCOC)NCCN(C)C(=O)OC(C)(C)C. The maximum atomic E-state index is 11.9. The first-order valence-corrected chi connectivity index (χ1v) is 8.83. The third kappa shape index (κ3) is 14.5. The Morgan fingerprint density at radius 2 is 1.88 bits per heavy atom. The highest BCUT2D eigenvalue weighted by atomic mass is 16.6. The molecule has 148 valence electrons. The van der Waals surface area contributed by atoms with Crippen LogP contribution in [0.15, 0.2) is 4.99 Å². The summed E-state index contributed by atoms with van der Waals surface area (Å²) in [6.07, 6.45) is 0.516. The van der Waals surface area contributed by atoms with Crippen molar-refractivity contribution in [3.05, 3.63) is 0 Å². The number of likely N-dealkylation sites (N-methyl/N-ethyl adjacent to an activating group) is 1. The molecule has 0 aliphatic heterocycles. The second kappa shape index (κ2) is 13.7. The molecule has 0 bridgehead atoms. The van der Waals surface area contributed by atoms with Crippen molar-refractivity contribution in [3.8, 4) is 0 Å². The van der Waals surface area contributed by atoms with Crippen LogP contribution in [-0.2, 0) is 14.2 Å². The number of rotatable bonds is 11. The molecule has 0 saturated carbocycles. The number of nitrogens with one attached hydrogen (secondary N) is 2. The number of guanidine groups is 1. The minimum Gasteiger partial charge on any atom is -0.444 e. The molecule has 0 saturated heterocycles. The minimum atomic E-state index is -0.486. The van der Waals surface area contributed by atoms with Gasteiger partial charge in [0.1, 0.15) is 5.60 Å². The van der Waals surface area contributed by atoms with Gasteiger partial charge in [-0.3, -0.25) is 4.99 Å². The molecule has 2 N–H and O–H groups in total. The van der Waals surface area contributed by atoms with Gasteiger partial charge in [-0.15, -0.1) is 0 Å². The number of hydrogen-bond donors (Lipinski definition) is 2. The van der Waals surface area contributed by atoms with Crippen molar-refractivity contribution in [2.45, 2.75) is 39.7 Å².